The van der Waals surface area contributed by atoms with Crippen molar-refractivity contribution in [3.05, 3.63) is 64.9 Å². The van der Waals surface area contributed by atoms with Crippen LogP contribution in [0, 0.1) is 5.82 Å². The smallest absolute Gasteiger partial charge is 0.227 e. The Bertz CT molecular complexity index is 907. The van der Waals surface area contributed by atoms with Crippen LogP contribution in [0.1, 0.15) is 43.0 Å². The molecule has 0 N–H and O–H groups in total. The van der Waals surface area contributed by atoms with E-state index in [1.165, 1.54) is 12.1 Å². The average molecular weight is 384 g/mol. The second kappa shape index (κ2) is 8.05. The molecule has 1 aliphatic rings. The van der Waals surface area contributed by atoms with Gasteiger partial charge in [-0.1, -0.05) is 36.2 Å². The maximum atomic E-state index is 13.5. The molecule has 2 aromatic heterocycles. The SMILES string of the molecule is O=C(Cc1cccc(F)c1)N1CCCCC[C@H]1c1cc(-c2cccs2)on1. The van der Waals surface area contributed by atoms with Gasteiger partial charge in [-0.25, -0.2) is 4.39 Å². The van der Waals surface area contributed by atoms with Gasteiger partial charge < -0.3 is 9.42 Å². The molecule has 140 valence electrons. The van der Waals surface area contributed by atoms with Crippen LogP contribution in [0.2, 0.25) is 0 Å². The first-order valence-corrected chi connectivity index (χ1v) is 10.1. The number of carbonyl (C=O) groups excluding carboxylic acids is 1. The van der Waals surface area contributed by atoms with Crippen molar-refractivity contribution >= 4 is 17.2 Å². The van der Waals surface area contributed by atoms with Gasteiger partial charge in [-0.3, -0.25) is 4.79 Å². The molecule has 1 aliphatic heterocycles. The number of rotatable bonds is 4. The zero-order chi connectivity index (χ0) is 18.6. The minimum absolute atomic E-state index is 0.00757. The highest BCUT2D eigenvalue weighted by molar-refractivity contribution is 7.13. The van der Waals surface area contributed by atoms with Gasteiger partial charge in [0.2, 0.25) is 5.91 Å². The van der Waals surface area contributed by atoms with Gasteiger partial charge in [0, 0.05) is 12.6 Å². The van der Waals surface area contributed by atoms with E-state index in [-0.39, 0.29) is 24.2 Å². The molecule has 1 amide bonds. The molecule has 1 fully saturated rings. The average Bonchev–Trinajstić information content (AvgIpc) is 3.29. The lowest BCUT2D eigenvalue weighted by Crippen LogP contribution is -2.36. The number of amides is 1. The van der Waals surface area contributed by atoms with Crippen LogP contribution in [0.15, 0.2) is 52.4 Å². The zero-order valence-electron chi connectivity index (χ0n) is 14.9. The summed E-state index contributed by atoms with van der Waals surface area (Å²) in [6, 6.07) is 12.1. The molecule has 27 heavy (non-hydrogen) atoms. The maximum Gasteiger partial charge on any atom is 0.227 e. The molecule has 1 saturated heterocycles. The van der Waals surface area contributed by atoms with E-state index >= 15 is 0 Å². The van der Waals surface area contributed by atoms with Crippen LogP contribution in [0.4, 0.5) is 4.39 Å². The quantitative estimate of drug-likeness (QED) is 0.619. The second-order valence-electron chi connectivity index (χ2n) is 6.85. The Balaban J connectivity index is 1.56. The lowest BCUT2D eigenvalue weighted by molar-refractivity contribution is -0.133. The van der Waals surface area contributed by atoms with Gasteiger partial charge >= 0.3 is 0 Å². The normalized spacial score (nSPS) is 17.7. The van der Waals surface area contributed by atoms with Crippen molar-refractivity contribution in [3.63, 3.8) is 0 Å². The fraction of sp³-hybridized carbons (Fsp3) is 0.333. The van der Waals surface area contributed by atoms with E-state index in [0.29, 0.717) is 12.1 Å². The van der Waals surface area contributed by atoms with Crippen LogP contribution < -0.4 is 0 Å². The van der Waals surface area contributed by atoms with E-state index < -0.39 is 0 Å². The van der Waals surface area contributed by atoms with Gasteiger partial charge in [0.1, 0.15) is 11.5 Å². The molecule has 0 unspecified atom stereocenters. The van der Waals surface area contributed by atoms with Gasteiger partial charge in [0.05, 0.1) is 17.3 Å². The van der Waals surface area contributed by atoms with Gasteiger partial charge in [-0.05, 0) is 42.0 Å². The third-order valence-corrected chi connectivity index (χ3v) is 5.84. The Hall–Kier alpha value is -2.47. The van der Waals surface area contributed by atoms with E-state index in [9.17, 15) is 9.18 Å². The van der Waals surface area contributed by atoms with Crippen LogP contribution in [-0.2, 0) is 11.2 Å². The van der Waals surface area contributed by atoms with Crippen LogP contribution in [0.25, 0.3) is 10.6 Å². The summed E-state index contributed by atoms with van der Waals surface area (Å²) in [4.78, 5) is 15.9. The van der Waals surface area contributed by atoms with Crippen LogP contribution >= 0.6 is 11.3 Å². The lowest BCUT2D eigenvalue weighted by atomic mass is 10.0. The van der Waals surface area contributed by atoms with Crippen molar-refractivity contribution in [2.45, 2.75) is 38.1 Å². The van der Waals surface area contributed by atoms with E-state index in [2.05, 4.69) is 5.16 Å². The zero-order valence-corrected chi connectivity index (χ0v) is 15.8. The van der Waals surface area contributed by atoms with Crippen molar-refractivity contribution in [2.75, 3.05) is 6.54 Å². The van der Waals surface area contributed by atoms with Crippen molar-refractivity contribution in [1.29, 1.82) is 0 Å². The largest absolute Gasteiger partial charge is 0.355 e. The molecule has 4 rings (SSSR count). The molecular weight excluding hydrogens is 363 g/mol. The number of likely N-dealkylation sites (tertiary alicyclic amines) is 1. The van der Waals surface area contributed by atoms with Crippen LogP contribution in [0.5, 0.6) is 0 Å². The Kier molecular flexibility index (Phi) is 5.34. The van der Waals surface area contributed by atoms with Crippen LogP contribution in [0.3, 0.4) is 0 Å². The molecule has 0 radical (unpaired) electrons. The molecule has 4 nitrogen and oxygen atoms in total. The first kappa shape index (κ1) is 17.9. The topological polar surface area (TPSA) is 46.3 Å². The lowest BCUT2D eigenvalue weighted by Gasteiger charge is -2.28. The van der Waals surface area contributed by atoms with Crippen molar-refractivity contribution in [1.82, 2.24) is 10.1 Å². The first-order valence-electron chi connectivity index (χ1n) is 9.25. The molecule has 1 aromatic carbocycles. The molecule has 0 aliphatic carbocycles. The summed E-state index contributed by atoms with van der Waals surface area (Å²) in [7, 11) is 0. The van der Waals surface area contributed by atoms with Crippen molar-refractivity contribution in [2.24, 2.45) is 0 Å². The van der Waals surface area contributed by atoms with E-state index in [1.54, 1.807) is 23.5 Å². The summed E-state index contributed by atoms with van der Waals surface area (Å²) in [6.45, 7) is 0.694. The highest BCUT2D eigenvalue weighted by Gasteiger charge is 2.29. The molecule has 6 heteroatoms. The maximum absolute atomic E-state index is 13.5. The van der Waals surface area contributed by atoms with E-state index in [0.717, 1.165) is 42.0 Å². The molecule has 0 saturated carbocycles. The summed E-state index contributed by atoms with van der Waals surface area (Å²) < 4.78 is 19.0. The Morgan fingerprint density at radius 3 is 2.96 bits per heavy atom. The molecule has 3 heterocycles. The number of hydrogen-bond donors (Lipinski definition) is 0. The monoisotopic (exact) mass is 384 g/mol. The Morgan fingerprint density at radius 2 is 2.15 bits per heavy atom. The van der Waals surface area contributed by atoms with Gasteiger partial charge in [0.15, 0.2) is 5.76 Å². The summed E-state index contributed by atoms with van der Waals surface area (Å²) in [5.74, 6) is 0.430. The first-order chi connectivity index (χ1) is 13.2. The van der Waals surface area contributed by atoms with Crippen molar-refractivity contribution in [3.8, 4) is 10.6 Å². The standard InChI is InChI=1S/C21H21FN2O2S/c22-16-7-4-6-15(12-16)13-21(25)24-10-3-1-2-8-18(24)17-14-19(26-23-17)20-9-5-11-27-20/h4-7,9,11-12,14,18H,1-3,8,10,13H2/t18-/m0/s1. The number of aromatic nitrogens is 1. The van der Waals surface area contributed by atoms with Gasteiger partial charge in [-0.2, -0.15) is 0 Å². The fourth-order valence-electron chi connectivity index (χ4n) is 3.62. The number of hydrogen-bond acceptors (Lipinski definition) is 4. The molecule has 3 aromatic rings. The number of thiophene rings is 1. The summed E-state index contributed by atoms with van der Waals surface area (Å²) in [6.07, 6.45) is 4.18. The predicted octanol–water partition coefficient (Wildman–Crippen LogP) is 5.23. The molecule has 0 spiro atoms. The Labute approximate surface area is 161 Å². The van der Waals surface area contributed by atoms with E-state index in [1.807, 2.05) is 28.5 Å². The number of benzene rings is 1. The third-order valence-electron chi connectivity index (χ3n) is 4.95. The third kappa shape index (κ3) is 4.11. The highest BCUT2D eigenvalue weighted by atomic mass is 32.1. The van der Waals surface area contributed by atoms with Crippen LogP contribution in [-0.4, -0.2) is 22.5 Å². The Morgan fingerprint density at radius 1 is 1.22 bits per heavy atom. The summed E-state index contributed by atoms with van der Waals surface area (Å²) in [5, 5.41) is 6.27. The minimum atomic E-state index is -0.315. The minimum Gasteiger partial charge on any atom is -0.355 e. The molecule has 1 atom stereocenters. The number of nitrogens with zero attached hydrogens (tertiary/aromatic N) is 2. The van der Waals surface area contributed by atoms with Gasteiger partial charge in [0.25, 0.3) is 0 Å². The number of halogens is 1. The second-order valence-corrected chi connectivity index (χ2v) is 7.80. The molecule has 0 bridgehead atoms. The van der Waals surface area contributed by atoms with Gasteiger partial charge in [-0.15, -0.1) is 11.3 Å². The fourth-order valence-corrected chi connectivity index (χ4v) is 4.29. The number of carbonyl (C=O) groups is 1. The summed E-state index contributed by atoms with van der Waals surface area (Å²) in [5.41, 5.74) is 1.50. The van der Waals surface area contributed by atoms with E-state index in [4.69, 9.17) is 4.52 Å². The molecular formula is C21H21FN2O2S. The predicted molar refractivity (Wildman–Crippen MR) is 103 cm³/mol. The highest BCUT2D eigenvalue weighted by Crippen LogP contribution is 2.33. The van der Waals surface area contributed by atoms with Crippen molar-refractivity contribution < 1.29 is 13.7 Å². The summed E-state index contributed by atoms with van der Waals surface area (Å²) >= 11 is 1.60.